The maximum atomic E-state index is 13.3. The van der Waals surface area contributed by atoms with Crippen molar-refractivity contribution in [1.29, 1.82) is 0 Å². The first-order valence-corrected chi connectivity index (χ1v) is 9.97. The van der Waals surface area contributed by atoms with Crippen molar-refractivity contribution in [3.63, 3.8) is 0 Å². The summed E-state index contributed by atoms with van der Waals surface area (Å²) in [5, 5.41) is 12.6. The standard InChI is InChI=1S/C22H19ClN6O3/c1-4-8-28-11-14-9-13(2)19(15(12-30)20(14)27-28)25-22(31)17-10-18(32-3)26-29(17)21-16(23)6-5-7-24-21/h4-7,9-12H,1,8H2,2-3H3,(H,25,31). The van der Waals surface area contributed by atoms with E-state index < -0.39 is 5.91 Å². The number of hydrogen-bond donors (Lipinski definition) is 1. The van der Waals surface area contributed by atoms with Gasteiger partial charge in [-0.15, -0.1) is 11.7 Å². The molecule has 0 spiro atoms. The van der Waals surface area contributed by atoms with Crippen LogP contribution in [0.25, 0.3) is 16.7 Å². The summed E-state index contributed by atoms with van der Waals surface area (Å²) in [6.45, 7) is 6.01. The van der Waals surface area contributed by atoms with E-state index in [4.69, 9.17) is 16.3 Å². The molecule has 1 aromatic carbocycles. The number of hydrogen-bond acceptors (Lipinski definition) is 6. The van der Waals surface area contributed by atoms with Crippen molar-refractivity contribution in [2.24, 2.45) is 0 Å². The molecule has 3 heterocycles. The number of nitrogens with one attached hydrogen (secondary N) is 1. The molecule has 1 N–H and O–H groups in total. The molecule has 0 saturated heterocycles. The Bertz CT molecular complexity index is 1360. The molecule has 4 aromatic rings. The van der Waals surface area contributed by atoms with Gasteiger partial charge in [0.05, 0.1) is 29.9 Å². The van der Waals surface area contributed by atoms with Crippen LogP contribution < -0.4 is 10.1 Å². The van der Waals surface area contributed by atoms with E-state index >= 15 is 0 Å². The van der Waals surface area contributed by atoms with E-state index in [9.17, 15) is 9.59 Å². The lowest BCUT2D eigenvalue weighted by molar-refractivity contribution is 0.101. The first-order chi connectivity index (χ1) is 15.5. The first-order valence-electron chi connectivity index (χ1n) is 9.60. The maximum Gasteiger partial charge on any atom is 0.274 e. The van der Waals surface area contributed by atoms with E-state index in [1.165, 1.54) is 17.9 Å². The van der Waals surface area contributed by atoms with Gasteiger partial charge in [0.15, 0.2) is 12.1 Å². The van der Waals surface area contributed by atoms with Crippen LogP contribution in [0.1, 0.15) is 26.4 Å². The van der Waals surface area contributed by atoms with Crippen molar-refractivity contribution in [2.45, 2.75) is 13.5 Å². The topological polar surface area (TPSA) is 104 Å². The van der Waals surface area contributed by atoms with Gasteiger partial charge in [-0.3, -0.25) is 14.3 Å². The van der Waals surface area contributed by atoms with Gasteiger partial charge in [-0.05, 0) is 30.7 Å². The van der Waals surface area contributed by atoms with Crippen LogP contribution >= 0.6 is 11.6 Å². The molecule has 1 amide bonds. The average Bonchev–Trinajstić information content (AvgIpc) is 3.38. The molecule has 4 rings (SSSR count). The minimum atomic E-state index is -0.515. The van der Waals surface area contributed by atoms with Crippen molar-refractivity contribution in [2.75, 3.05) is 12.4 Å². The number of methoxy groups -OCH3 is 1. The van der Waals surface area contributed by atoms with Gasteiger partial charge in [0, 0.05) is 23.8 Å². The molecule has 0 atom stereocenters. The molecule has 0 saturated carbocycles. The normalized spacial score (nSPS) is 10.8. The number of halogens is 1. The Kier molecular flexibility index (Phi) is 5.74. The van der Waals surface area contributed by atoms with Crippen LogP contribution in [0.5, 0.6) is 5.88 Å². The Morgan fingerprint density at radius 3 is 2.84 bits per heavy atom. The van der Waals surface area contributed by atoms with Gasteiger partial charge in [-0.1, -0.05) is 17.7 Å². The summed E-state index contributed by atoms with van der Waals surface area (Å²) in [5.41, 5.74) is 1.97. The number of ether oxygens (including phenoxy) is 1. The molecule has 10 heteroatoms. The van der Waals surface area contributed by atoms with Gasteiger partial charge in [0.25, 0.3) is 5.91 Å². The number of aromatic nitrogens is 5. The number of aryl methyl sites for hydroxylation is 1. The molecule has 0 fully saturated rings. The number of allylic oxidation sites excluding steroid dienone is 1. The van der Waals surface area contributed by atoms with Gasteiger partial charge in [-0.2, -0.15) is 5.10 Å². The molecule has 0 aliphatic rings. The number of aldehydes is 1. The molecule has 162 valence electrons. The summed E-state index contributed by atoms with van der Waals surface area (Å²) in [6, 6.07) is 6.64. The Balaban J connectivity index is 1.79. The van der Waals surface area contributed by atoms with Gasteiger partial charge in [-0.25, -0.2) is 9.67 Å². The molecule has 0 aliphatic heterocycles. The molecule has 32 heavy (non-hydrogen) atoms. The smallest absolute Gasteiger partial charge is 0.274 e. The lowest BCUT2D eigenvalue weighted by Gasteiger charge is -2.12. The molecule has 3 aromatic heterocycles. The van der Waals surface area contributed by atoms with Gasteiger partial charge >= 0.3 is 0 Å². The fourth-order valence-electron chi connectivity index (χ4n) is 3.39. The zero-order valence-electron chi connectivity index (χ0n) is 17.4. The van der Waals surface area contributed by atoms with Crippen molar-refractivity contribution < 1.29 is 14.3 Å². The Hall–Kier alpha value is -3.98. The number of carbonyl (C=O) groups excluding carboxylic acids is 2. The Labute approximate surface area is 188 Å². The number of anilines is 1. The van der Waals surface area contributed by atoms with Crippen molar-refractivity contribution in [3.8, 4) is 11.7 Å². The van der Waals surface area contributed by atoms with E-state index in [2.05, 4.69) is 27.1 Å². The second-order valence-corrected chi connectivity index (χ2v) is 7.33. The highest BCUT2D eigenvalue weighted by atomic mass is 35.5. The van der Waals surface area contributed by atoms with Crippen LogP contribution in [0.2, 0.25) is 5.02 Å². The van der Waals surface area contributed by atoms with E-state index in [0.717, 1.165) is 5.39 Å². The summed E-state index contributed by atoms with van der Waals surface area (Å²) < 4.78 is 8.16. The number of pyridine rings is 1. The molecule has 0 radical (unpaired) electrons. The quantitative estimate of drug-likeness (QED) is 0.339. The van der Waals surface area contributed by atoms with Crippen LogP contribution in [0, 0.1) is 6.92 Å². The average molecular weight is 451 g/mol. The second-order valence-electron chi connectivity index (χ2n) is 6.92. The summed E-state index contributed by atoms with van der Waals surface area (Å²) in [5.74, 6) is -0.0324. The molecule has 9 nitrogen and oxygen atoms in total. The Morgan fingerprint density at radius 1 is 1.34 bits per heavy atom. The fraction of sp³-hybridized carbons (Fsp3) is 0.136. The number of amides is 1. The third kappa shape index (κ3) is 3.74. The third-order valence-electron chi connectivity index (χ3n) is 4.82. The molecule has 0 bridgehead atoms. The Morgan fingerprint density at radius 2 is 2.16 bits per heavy atom. The summed E-state index contributed by atoms with van der Waals surface area (Å²) >= 11 is 6.25. The zero-order valence-corrected chi connectivity index (χ0v) is 18.1. The molecule has 0 aliphatic carbocycles. The van der Waals surface area contributed by atoms with Crippen LogP contribution in [-0.4, -0.2) is 43.8 Å². The largest absolute Gasteiger partial charge is 0.480 e. The van der Waals surface area contributed by atoms with Crippen LogP contribution in [0.4, 0.5) is 5.69 Å². The molecule has 0 unspecified atom stereocenters. The zero-order chi connectivity index (χ0) is 22.8. The second kappa shape index (κ2) is 8.64. The monoisotopic (exact) mass is 450 g/mol. The van der Waals surface area contributed by atoms with E-state index in [1.54, 1.807) is 36.0 Å². The lowest BCUT2D eigenvalue weighted by Crippen LogP contribution is -2.19. The van der Waals surface area contributed by atoms with Crippen LogP contribution in [-0.2, 0) is 6.54 Å². The first kappa shape index (κ1) is 21.3. The lowest BCUT2D eigenvalue weighted by atomic mass is 10.0. The SMILES string of the molecule is C=CCn1cc2cc(C)c(NC(=O)c3cc(OC)nn3-c3ncccc3Cl)c(C=O)c2n1. The number of carbonyl (C=O) groups is 2. The van der Waals surface area contributed by atoms with Crippen molar-refractivity contribution in [3.05, 3.63) is 71.2 Å². The number of benzene rings is 1. The third-order valence-corrected chi connectivity index (χ3v) is 5.12. The van der Waals surface area contributed by atoms with Crippen molar-refractivity contribution >= 4 is 40.4 Å². The van der Waals surface area contributed by atoms with Gasteiger partial charge in [0.2, 0.25) is 5.88 Å². The predicted octanol–water partition coefficient (Wildman–Crippen LogP) is 3.84. The van der Waals surface area contributed by atoms with Gasteiger partial charge < -0.3 is 10.1 Å². The minimum absolute atomic E-state index is 0.135. The minimum Gasteiger partial charge on any atom is -0.480 e. The van der Waals surface area contributed by atoms with E-state index in [-0.39, 0.29) is 23.0 Å². The summed E-state index contributed by atoms with van der Waals surface area (Å²) in [4.78, 5) is 29.5. The maximum absolute atomic E-state index is 13.3. The van der Waals surface area contributed by atoms with Crippen LogP contribution in [0.15, 0.2) is 49.3 Å². The van der Waals surface area contributed by atoms with Gasteiger partial charge in [0.1, 0.15) is 11.2 Å². The highest BCUT2D eigenvalue weighted by Gasteiger charge is 2.22. The highest BCUT2D eigenvalue weighted by molar-refractivity contribution is 6.32. The number of fused-ring (bicyclic) bond motifs is 1. The van der Waals surface area contributed by atoms with Crippen molar-refractivity contribution in [1.82, 2.24) is 24.5 Å². The number of rotatable bonds is 7. The van der Waals surface area contributed by atoms with E-state index in [0.29, 0.717) is 34.6 Å². The fourth-order valence-corrected chi connectivity index (χ4v) is 3.59. The highest BCUT2D eigenvalue weighted by Crippen LogP contribution is 2.29. The predicted molar refractivity (Wildman–Crippen MR) is 121 cm³/mol. The summed E-state index contributed by atoms with van der Waals surface area (Å²) in [7, 11) is 1.44. The summed E-state index contributed by atoms with van der Waals surface area (Å²) in [6.07, 6.45) is 5.76. The molecular weight excluding hydrogens is 432 g/mol. The number of nitrogens with zero attached hydrogens (tertiary/aromatic N) is 5. The van der Waals surface area contributed by atoms with E-state index in [1.807, 2.05) is 12.3 Å². The van der Waals surface area contributed by atoms with Crippen LogP contribution in [0.3, 0.4) is 0 Å². The molecular formula is C22H19ClN6O3.